The first-order chi connectivity index (χ1) is 17.4. The number of epoxide rings is 1. The zero-order valence-corrected chi connectivity index (χ0v) is 21.3. The second-order valence-corrected chi connectivity index (χ2v) is 9.56. The van der Waals surface area contributed by atoms with Crippen LogP contribution in [0.25, 0.3) is 0 Å². The minimum absolute atomic E-state index is 0.0336. The monoisotopic (exact) mass is 508 g/mol. The van der Waals surface area contributed by atoms with Crippen LogP contribution < -0.4 is 10.6 Å². The van der Waals surface area contributed by atoms with Gasteiger partial charge in [-0.05, 0) is 31.9 Å². The van der Waals surface area contributed by atoms with Crippen molar-refractivity contribution < 1.29 is 34.1 Å². The van der Waals surface area contributed by atoms with Crippen molar-refractivity contribution in [2.45, 2.75) is 58.3 Å². The molecule has 2 amide bonds. The number of nitrogens with one attached hydrogen (secondary N) is 2. The van der Waals surface area contributed by atoms with Gasteiger partial charge < -0.3 is 25.6 Å². The standard InChI is InChI=1S/C28H32N2O7/c1-16(2)13-17(3)14-18(4)27(35)29-19-15-28(36,26-25(37-26)24(19)34)12-8-6-5-7-9-22(33)30-23-20(31)10-11-21(23)32/h5-9,12-16,25-26,31,36H,10-11H2,1-4H3,(H,29,35)(H,30,33)/b6-5+,9-7+,12-8+,17-13+,18-14+/t25-,26-,28+/m1/s1. The number of aliphatic hydroxyl groups excluding tert-OH is 1. The molecule has 3 atom stereocenters. The molecule has 0 aromatic carbocycles. The van der Waals surface area contributed by atoms with Crippen LogP contribution in [-0.2, 0) is 23.9 Å². The molecule has 1 aliphatic heterocycles. The van der Waals surface area contributed by atoms with Crippen molar-refractivity contribution in [2.24, 2.45) is 5.92 Å². The van der Waals surface area contributed by atoms with Gasteiger partial charge in [0.2, 0.25) is 11.7 Å². The highest BCUT2D eigenvalue weighted by Crippen LogP contribution is 2.40. The Morgan fingerprint density at radius 1 is 1.11 bits per heavy atom. The Bertz CT molecular complexity index is 1210. The zero-order valence-electron chi connectivity index (χ0n) is 21.3. The van der Waals surface area contributed by atoms with E-state index < -0.39 is 35.4 Å². The van der Waals surface area contributed by atoms with E-state index in [1.165, 1.54) is 36.5 Å². The van der Waals surface area contributed by atoms with Gasteiger partial charge in [-0.15, -0.1) is 0 Å². The first-order valence-electron chi connectivity index (χ1n) is 12.0. The molecule has 196 valence electrons. The van der Waals surface area contributed by atoms with Crippen LogP contribution in [-0.4, -0.2) is 51.4 Å². The number of Topliss-reactive ketones (excluding diaryl/α,β-unsaturated/α-hetero) is 2. The lowest BCUT2D eigenvalue weighted by molar-refractivity contribution is -0.121. The van der Waals surface area contributed by atoms with Gasteiger partial charge in [0, 0.05) is 24.5 Å². The summed E-state index contributed by atoms with van der Waals surface area (Å²) < 4.78 is 5.36. The highest BCUT2D eigenvalue weighted by atomic mass is 16.6. The molecular weight excluding hydrogens is 476 g/mol. The van der Waals surface area contributed by atoms with E-state index >= 15 is 0 Å². The van der Waals surface area contributed by atoms with Crippen LogP contribution in [0.2, 0.25) is 0 Å². The molecule has 1 saturated heterocycles. The molecule has 0 aromatic rings. The van der Waals surface area contributed by atoms with Gasteiger partial charge in [0.05, 0.1) is 5.70 Å². The van der Waals surface area contributed by atoms with Crippen LogP contribution in [0.1, 0.15) is 40.5 Å². The Morgan fingerprint density at radius 2 is 1.81 bits per heavy atom. The predicted octanol–water partition coefficient (Wildman–Crippen LogP) is 2.53. The largest absolute Gasteiger partial charge is 0.510 e. The molecule has 3 aliphatic rings. The number of ether oxygens (including phenoxy) is 1. The van der Waals surface area contributed by atoms with Crippen LogP contribution >= 0.6 is 0 Å². The molecule has 0 bridgehead atoms. The first-order valence-corrected chi connectivity index (χ1v) is 12.0. The van der Waals surface area contributed by atoms with Crippen LogP contribution in [0.15, 0.2) is 83.0 Å². The summed E-state index contributed by atoms with van der Waals surface area (Å²) in [5.41, 5.74) is -0.367. The second kappa shape index (κ2) is 11.5. The van der Waals surface area contributed by atoms with Gasteiger partial charge in [0.25, 0.3) is 5.91 Å². The smallest absolute Gasteiger partial charge is 0.251 e. The van der Waals surface area contributed by atoms with Crippen molar-refractivity contribution in [3.8, 4) is 0 Å². The van der Waals surface area contributed by atoms with E-state index in [4.69, 9.17) is 4.74 Å². The van der Waals surface area contributed by atoms with Crippen molar-refractivity contribution in [1.82, 2.24) is 10.6 Å². The van der Waals surface area contributed by atoms with E-state index in [9.17, 15) is 29.4 Å². The Kier molecular flexibility index (Phi) is 8.62. The normalized spacial score (nSPS) is 26.5. The first kappa shape index (κ1) is 27.8. The Labute approximate surface area is 215 Å². The molecule has 0 spiro atoms. The molecule has 0 radical (unpaired) electrons. The molecule has 9 heteroatoms. The molecule has 1 heterocycles. The topological polar surface area (TPSA) is 145 Å². The maximum absolute atomic E-state index is 12.6. The Morgan fingerprint density at radius 3 is 2.46 bits per heavy atom. The second-order valence-electron chi connectivity index (χ2n) is 9.56. The molecule has 9 nitrogen and oxygen atoms in total. The van der Waals surface area contributed by atoms with E-state index in [0.29, 0.717) is 11.5 Å². The van der Waals surface area contributed by atoms with Crippen molar-refractivity contribution in [3.05, 3.63) is 83.0 Å². The Hall–Kier alpha value is -3.82. The fourth-order valence-electron chi connectivity index (χ4n) is 4.07. The molecule has 1 fully saturated rings. The summed E-state index contributed by atoms with van der Waals surface area (Å²) in [6, 6.07) is 0. The van der Waals surface area contributed by atoms with E-state index in [0.717, 1.165) is 5.57 Å². The third kappa shape index (κ3) is 7.12. The van der Waals surface area contributed by atoms with Crippen LogP contribution in [0, 0.1) is 5.92 Å². The molecule has 2 aliphatic carbocycles. The number of aliphatic hydroxyl groups is 2. The van der Waals surface area contributed by atoms with E-state index in [2.05, 4.69) is 10.6 Å². The lowest BCUT2D eigenvalue weighted by atomic mass is 9.88. The van der Waals surface area contributed by atoms with E-state index in [1.54, 1.807) is 19.1 Å². The SMILES string of the molecule is CC(=C\C(C)C)/C=C(\C)C(=O)NC1=C[C@@](O)(/C=C/C=C/C=C/C(=O)NC2=C(O)CCC2=O)[C@@H]2O[C@@H]2C1=O. The average molecular weight is 509 g/mol. The van der Waals surface area contributed by atoms with Gasteiger partial charge in [-0.1, -0.05) is 55.9 Å². The third-order valence-corrected chi connectivity index (χ3v) is 5.84. The maximum Gasteiger partial charge on any atom is 0.251 e. The predicted molar refractivity (Wildman–Crippen MR) is 137 cm³/mol. The van der Waals surface area contributed by atoms with Crippen LogP contribution in [0.3, 0.4) is 0 Å². The fourth-order valence-corrected chi connectivity index (χ4v) is 4.07. The number of hydrogen-bond acceptors (Lipinski definition) is 7. The van der Waals surface area contributed by atoms with Gasteiger partial charge in [0.1, 0.15) is 23.2 Å². The Balaban J connectivity index is 1.62. The van der Waals surface area contributed by atoms with Gasteiger partial charge >= 0.3 is 0 Å². The highest BCUT2D eigenvalue weighted by molar-refractivity contribution is 6.07. The summed E-state index contributed by atoms with van der Waals surface area (Å²) >= 11 is 0. The van der Waals surface area contributed by atoms with E-state index in [1.807, 2.05) is 26.8 Å². The summed E-state index contributed by atoms with van der Waals surface area (Å²) in [6.45, 7) is 7.60. The van der Waals surface area contributed by atoms with Crippen molar-refractivity contribution in [1.29, 1.82) is 0 Å². The summed E-state index contributed by atoms with van der Waals surface area (Å²) in [7, 11) is 0. The lowest BCUT2D eigenvalue weighted by Crippen LogP contribution is -2.42. The molecular formula is C28H32N2O7. The zero-order chi connectivity index (χ0) is 27.3. The highest BCUT2D eigenvalue weighted by Gasteiger charge is 2.59. The number of ketones is 2. The van der Waals surface area contributed by atoms with Gasteiger partial charge in [-0.25, -0.2) is 0 Å². The van der Waals surface area contributed by atoms with E-state index in [-0.39, 0.29) is 35.8 Å². The van der Waals surface area contributed by atoms with Crippen molar-refractivity contribution >= 4 is 23.4 Å². The number of allylic oxidation sites excluding steroid dienone is 9. The van der Waals surface area contributed by atoms with Crippen molar-refractivity contribution in [2.75, 3.05) is 0 Å². The van der Waals surface area contributed by atoms with Crippen molar-refractivity contribution in [3.63, 3.8) is 0 Å². The number of rotatable bonds is 9. The molecule has 4 N–H and O–H groups in total. The maximum atomic E-state index is 12.6. The van der Waals surface area contributed by atoms with Gasteiger partial charge in [0.15, 0.2) is 11.9 Å². The summed E-state index contributed by atoms with van der Waals surface area (Å²) in [5, 5.41) is 25.6. The summed E-state index contributed by atoms with van der Waals surface area (Å²) in [6.07, 6.45) is 12.5. The molecule has 0 unspecified atom stereocenters. The number of carbonyl (C=O) groups is 4. The average Bonchev–Trinajstić information content (AvgIpc) is 3.57. The number of fused-ring (bicyclic) bond motifs is 1. The van der Waals surface area contributed by atoms with Crippen LogP contribution in [0.4, 0.5) is 0 Å². The summed E-state index contributed by atoms with van der Waals surface area (Å²) in [4.78, 5) is 48.6. The quantitative estimate of drug-likeness (QED) is 0.213. The number of hydrogen-bond donors (Lipinski definition) is 4. The molecule has 37 heavy (non-hydrogen) atoms. The minimum Gasteiger partial charge on any atom is -0.510 e. The van der Waals surface area contributed by atoms with Crippen LogP contribution in [0.5, 0.6) is 0 Å². The van der Waals surface area contributed by atoms with Gasteiger partial charge in [-0.3, -0.25) is 19.2 Å². The lowest BCUT2D eigenvalue weighted by Gasteiger charge is -2.23. The number of amides is 2. The minimum atomic E-state index is -1.61. The van der Waals surface area contributed by atoms with Gasteiger partial charge in [-0.2, -0.15) is 0 Å². The molecule has 0 saturated carbocycles. The molecule has 3 rings (SSSR count). The third-order valence-electron chi connectivity index (χ3n) is 5.84. The molecule has 0 aromatic heterocycles. The summed E-state index contributed by atoms with van der Waals surface area (Å²) in [5.74, 6) is -1.52. The fraction of sp³-hybridized carbons (Fsp3) is 0.357. The number of carbonyl (C=O) groups excluding carboxylic acids is 4.